The molecule has 1 atom stereocenters. The number of hydrogen-bond acceptors (Lipinski definition) is 3. The number of hydrogen-bond donors (Lipinski definition) is 1. The van der Waals surface area contributed by atoms with Gasteiger partial charge in [-0.05, 0) is 53.2 Å². The average Bonchev–Trinajstić information content (AvgIpc) is 2.84. The Balaban J connectivity index is 2.23. The van der Waals surface area contributed by atoms with Crippen LogP contribution < -0.4 is 10.1 Å². The third-order valence-corrected chi connectivity index (χ3v) is 4.56. The molecule has 2 rings (SSSR count). The summed E-state index contributed by atoms with van der Waals surface area (Å²) in [7, 11) is 0. The number of rotatable bonds is 6. The average molecular weight is 340 g/mol. The SMILES string of the molecule is CCNC(c1ccc(OCC)cc1)c1cc(Br)cs1. The van der Waals surface area contributed by atoms with Crippen molar-refractivity contribution in [1.82, 2.24) is 5.32 Å². The largest absolute Gasteiger partial charge is 0.494 e. The maximum atomic E-state index is 5.49. The van der Waals surface area contributed by atoms with Crippen molar-refractivity contribution in [3.8, 4) is 5.75 Å². The molecule has 0 saturated carbocycles. The van der Waals surface area contributed by atoms with Crippen molar-refractivity contribution in [2.45, 2.75) is 19.9 Å². The standard InChI is InChI=1S/C15H18BrNOS/c1-3-17-15(14-9-12(16)10-19-14)11-5-7-13(8-6-11)18-4-2/h5-10,15,17H,3-4H2,1-2H3. The van der Waals surface area contributed by atoms with E-state index in [-0.39, 0.29) is 6.04 Å². The van der Waals surface area contributed by atoms with Crippen LogP contribution in [0.2, 0.25) is 0 Å². The van der Waals surface area contributed by atoms with Crippen molar-refractivity contribution in [1.29, 1.82) is 0 Å². The van der Waals surface area contributed by atoms with Gasteiger partial charge in [0.25, 0.3) is 0 Å². The number of ether oxygens (including phenoxy) is 1. The lowest BCUT2D eigenvalue weighted by Gasteiger charge is -2.17. The molecule has 0 aliphatic heterocycles. The van der Waals surface area contributed by atoms with Crippen molar-refractivity contribution in [2.24, 2.45) is 0 Å². The molecule has 0 aliphatic carbocycles. The molecular weight excluding hydrogens is 322 g/mol. The van der Waals surface area contributed by atoms with Crippen LogP contribution in [0.1, 0.15) is 30.3 Å². The molecule has 0 bridgehead atoms. The van der Waals surface area contributed by atoms with Crippen LogP contribution in [-0.4, -0.2) is 13.2 Å². The van der Waals surface area contributed by atoms with E-state index in [0.717, 1.165) is 16.8 Å². The molecule has 2 aromatic rings. The predicted octanol–water partition coefficient (Wildman–Crippen LogP) is 4.61. The Bertz CT molecular complexity index is 509. The van der Waals surface area contributed by atoms with Gasteiger partial charge in [0.05, 0.1) is 12.6 Å². The maximum Gasteiger partial charge on any atom is 0.119 e. The molecule has 4 heteroatoms. The topological polar surface area (TPSA) is 21.3 Å². The smallest absolute Gasteiger partial charge is 0.119 e. The second-order valence-electron chi connectivity index (χ2n) is 4.16. The molecule has 0 spiro atoms. The Morgan fingerprint density at radius 1 is 1.26 bits per heavy atom. The lowest BCUT2D eigenvalue weighted by molar-refractivity contribution is 0.340. The van der Waals surface area contributed by atoms with Gasteiger partial charge in [-0.25, -0.2) is 0 Å². The van der Waals surface area contributed by atoms with Gasteiger partial charge in [0.15, 0.2) is 0 Å². The van der Waals surface area contributed by atoms with E-state index in [1.807, 2.05) is 19.1 Å². The Kier molecular flexibility index (Phi) is 5.43. The van der Waals surface area contributed by atoms with Crippen LogP contribution in [0, 0.1) is 0 Å². The van der Waals surface area contributed by atoms with E-state index < -0.39 is 0 Å². The van der Waals surface area contributed by atoms with Gasteiger partial charge in [-0.3, -0.25) is 0 Å². The molecule has 0 fully saturated rings. The molecule has 0 radical (unpaired) electrons. The summed E-state index contributed by atoms with van der Waals surface area (Å²) in [5.41, 5.74) is 1.26. The van der Waals surface area contributed by atoms with Gasteiger partial charge in [0, 0.05) is 14.7 Å². The number of thiophene rings is 1. The van der Waals surface area contributed by atoms with Crippen LogP contribution in [0.5, 0.6) is 5.75 Å². The van der Waals surface area contributed by atoms with Crippen LogP contribution in [0.3, 0.4) is 0 Å². The molecule has 102 valence electrons. The van der Waals surface area contributed by atoms with Crippen LogP contribution >= 0.6 is 27.3 Å². The van der Waals surface area contributed by atoms with Crippen molar-refractivity contribution in [3.63, 3.8) is 0 Å². The fourth-order valence-corrected chi connectivity index (χ4v) is 3.54. The highest BCUT2D eigenvalue weighted by atomic mass is 79.9. The second-order valence-corrected chi connectivity index (χ2v) is 6.02. The summed E-state index contributed by atoms with van der Waals surface area (Å²) in [5.74, 6) is 0.925. The molecule has 1 aromatic carbocycles. The highest BCUT2D eigenvalue weighted by Gasteiger charge is 2.14. The molecule has 1 N–H and O–H groups in total. The van der Waals surface area contributed by atoms with E-state index in [2.05, 4.69) is 51.7 Å². The van der Waals surface area contributed by atoms with Gasteiger partial charge in [0.1, 0.15) is 5.75 Å². The zero-order valence-electron chi connectivity index (χ0n) is 11.2. The summed E-state index contributed by atoms with van der Waals surface area (Å²) in [6, 6.07) is 10.8. The normalized spacial score (nSPS) is 12.4. The van der Waals surface area contributed by atoms with Gasteiger partial charge < -0.3 is 10.1 Å². The van der Waals surface area contributed by atoms with Crippen molar-refractivity contribution in [3.05, 3.63) is 50.6 Å². The maximum absolute atomic E-state index is 5.49. The zero-order valence-corrected chi connectivity index (χ0v) is 13.6. The van der Waals surface area contributed by atoms with E-state index in [4.69, 9.17) is 4.74 Å². The lowest BCUT2D eigenvalue weighted by atomic mass is 10.1. The summed E-state index contributed by atoms with van der Waals surface area (Å²) in [6.07, 6.45) is 0. The summed E-state index contributed by atoms with van der Waals surface area (Å²) >= 11 is 5.29. The van der Waals surface area contributed by atoms with E-state index in [9.17, 15) is 0 Å². The minimum atomic E-state index is 0.247. The summed E-state index contributed by atoms with van der Waals surface area (Å²) in [5, 5.41) is 5.65. The van der Waals surface area contributed by atoms with Gasteiger partial charge in [0.2, 0.25) is 0 Å². The number of halogens is 1. The quantitative estimate of drug-likeness (QED) is 0.829. The minimum absolute atomic E-state index is 0.247. The first-order chi connectivity index (χ1) is 9.24. The minimum Gasteiger partial charge on any atom is -0.494 e. The molecule has 1 heterocycles. The van der Waals surface area contributed by atoms with Crippen LogP contribution in [0.4, 0.5) is 0 Å². The summed E-state index contributed by atoms with van der Waals surface area (Å²) in [4.78, 5) is 1.32. The second kappa shape index (κ2) is 7.08. The van der Waals surface area contributed by atoms with E-state index in [0.29, 0.717) is 6.61 Å². The molecule has 2 nitrogen and oxygen atoms in total. The fourth-order valence-electron chi connectivity index (χ4n) is 1.99. The first kappa shape index (κ1) is 14.6. The number of nitrogens with one attached hydrogen (secondary N) is 1. The van der Waals surface area contributed by atoms with E-state index in [1.165, 1.54) is 10.4 Å². The highest BCUT2D eigenvalue weighted by molar-refractivity contribution is 9.10. The molecule has 1 aromatic heterocycles. The molecule has 0 amide bonds. The van der Waals surface area contributed by atoms with Crippen LogP contribution in [-0.2, 0) is 0 Å². The van der Waals surface area contributed by atoms with Gasteiger partial charge in [-0.2, -0.15) is 0 Å². The Morgan fingerprint density at radius 2 is 2.00 bits per heavy atom. The van der Waals surface area contributed by atoms with Crippen molar-refractivity contribution >= 4 is 27.3 Å². The van der Waals surface area contributed by atoms with Gasteiger partial charge in [-0.15, -0.1) is 11.3 Å². The monoisotopic (exact) mass is 339 g/mol. The third kappa shape index (κ3) is 3.81. The summed E-state index contributed by atoms with van der Waals surface area (Å²) < 4.78 is 6.63. The van der Waals surface area contributed by atoms with Crippen molar-refractivity contribution in [2.75, 3.05) is 13.2 Å². The first-order valence-corrected chi connectivity index (χ1v) is 8.12. The highest BCUT2D eigenvalue weighted by Crippen LogP contribution is 2.30. The van der Waals surface area contributed by atoms with Gasteiger partial charge >= 0.3 is 0 Å². The van der Waals surface area contributed by atoms with E-state index in [1.54, 1.807) is 11.3 Å². The third-order valence-electron chi connectivity index (χ3n) is 2.80. The number of benzene rings is 1. The summed E-state index contributed by atoms with van der Waals surface area (Å²) in [6.45, 7) is 5.77. The Morgan fingerprint density at radius 3 is 2.53 bits per heavy atom. The van der Waals surface area contributed by atoms with Gasteiger partial charge in [-0.1, -0.05) is 19.1 Å². The molecule has 1 unspecified atom stereocenters. The van der Waals surface area contributed by atoms with E-state index >= 15 is 0 Å². The fraction of sp³-hybridized carbons (Fsp3) is 0.333. The lowest BCUT2D eigenvalue weighted by Crippen LogP contribution is -2.20. The Labute approximate surface area is 126 Å². The molecule has 0 aliphatic rings. The first-order valence-electron chi connectivity index (χ1n) is 6.44. The van der Waals surface area contributed by atoms with Crippen LogP contribution in [0.15, 0.2) is 40.2 Å². The Hall–Kier alpha value is -0.840. The van der Waals surface area contributed by atoms with Crippen LogP contribution in [0.25, 0.3) is 0 Å². The predicted molar refractivity (Wildman–Crippen MR) is 85.1 cm³/mol. The molecule has 19 heavy (non-hydrogen) atoms. The zero-order chi connectivity index (χ0) is 13.7. The molecular formula is C15H18BrNOS. The molecule has 0 saturated heterocycles. The van der Waals surface area contributed by atoms with Crippen molar-refractivity contribution < 1.29 is 4.74 Å².